The van der Waals surface area contributed by atoms with Crippen LogP contribution in [0.5, 0.6) is 0 Å². The molecule has 0 aliphatic carbocycles. The molecular weight excluding hydrogens is 258 g/mol. The van der Waals surface area contributed by atoms with E-state index in [-0.39, 0.29) is 103 Å². The summed E-state index contributed by atoms with van der Waals surface area (Å²) in [5, 5.41) is 19.1. The molecule has 0 spiro atoms. The Morgan fingerprint density at radius 2 is 1.79 bits per heavy atom. The summed E-state index contributed by atoms with van der Waals surface area (Å²) >= 11 is 0. The molecule has 0 atom stereocenters. The Hall–Kier alpha value is 2.55. The van der Waals surface area contributed by atoms with Crippen molar-refractivity contribution in [3.63, 3.8) is 0 Å². The molecule has 0 unspecified atom stereocenters. The van der Waals surface area contributed by atoms with Crippen molar-refractivity contribution < 1.29 is 135 Å². The molecule has 70 valence electrons. The summed E-state index contributed by atoms with van der Waals surface area (Å²) in [6, 6.07) is -1.96. The van der Waals surface area contributed by atoms with E-state index in [9.17, 15) is 23.2 Å². The van der Waals surface area contributed by atoms with Gasteiger partial charge in [0.25, 0.3) is 6.01 Å². The fraction of sp³-hybridized carbons (Fsp3) is 0.500. The summed E-state index contributed by atoms with van der Waals surface area (Å²) in [6.45, 7) is 0. The van der Waals surface area contributed by atoms with Gasteiger partial charge in [0.1, 0.15) is 7.32 Å². The predicted molar refractivity (Wildman–Crippen MR) is 28.0 cm³/mol. The molecule has 0 fully saturated rings. The first kappa shape index (κ1) is 21.8. The summed E-state index contributed by atoms with van der Waals surface area (Å²) in [4.78, 5) is 0. The van der Waals surface area contributed by atoms with Crippen LogP contribution in [0.1, 0.15) is 0 Å². The molecule has 0 aliphatic heterocycles. The second kappa shape index (κ2) is 10.7. The fourth-order valence-corrected chi connectivity index (χ4v) is 0.317. The second-order valence-electron chi connectivity index (χ2n) is 1.62. The van der Waals surface area contributed by atoms with Crippen LogP contribution in [0.3, 0.4) is 0 Å². The molecule has 0 aromatic carbocycles. The Kier molecular flexibility index (Phi) is 16.6. The van der Waals surface area contributed by atoms with Crippen molar-refractivity contribution in [1.82, 2.24) is 0 Å². The molecule has 0 saturated carbocycles. The van der Waals surface area contributed by atoms with Gasteiger partial charge in [0.2, 0.25) is 0 Å². The van der Waals surface area contributed by atoms with E-state index in [0.717, 1.165) is 0 Å². The molecule has 0 radical (unpaired) electrons. The average molecular weight is 262 g/mol. The van der Waals surface area contributed by atoms with Gasteiger partial charge in [0.15, 0.2) is 0 Å². The number of hydrogen-bond acceptors (Lipinski definition) is 4. The first-order chi connectivity index (χ1) is 5.37. The number of methoxy groups -OCH3 is 1. The molecule has 0 rings (SSSR count). The van der Waals surface area contributed by atoms with Gasteiger partial charge in [0.05, 0.1) is 6.08 Å². The van der Waals surface area contributed by atoms with Crippen LogP contribution in [0, 0.1) is 0 Å². The summed E-state index contributed by atoms with van der Waals surface area (Å²) < 4.78 is 42.7. The van der Waals surface area contributed by atoms with E-state index in [0.29, 0.717) is 7.11 Å². The average Bonchev–Trinajstić information content (AvgIpc) is 1.84. The van der Waals surface area contributed by atoms with E-state index in [2.05, 4.69) is 9.39 Å². The Morgan fingerprint density at radius 3 is 2.07 bits per heavy atom. The maximum atomic E-state index is 12.0. The number of halogens is 3. The van der Waals surface area contributed by atoms with E-state index in [1.165, 1.54) is 0 Å². The fourth-order valence-electron chi connectivity index (χ4n) is 0.317. The van der Waals surface area contributed by atoms with Crippen molar-refractivity contribution in [2.24, 2.45) is 0 Å². The summed E-state index contributed by atoms with van der Waals surface area (Å²) in [5.41, 5.74) is 0. The van der Waals surface area contributed by atoms with Crippen LogP contribution in [0.25, 0.3) is 0 Å². The standard InChI is InChI=1S/C4H4BF3O4.2K/c1-11-4(7,8)2-3(6)12-5(9)10;;/h2H,1H3;;/q-2;2*+1/b3-2+;;. The van der Waals surface area contributed by atoms with Gasteiger partial charge < -0.3 is 19.4 Å². The normalized spacial score (nSPS) is 11.1. The van der Waals surface area contributed by atoms with Gasteiger partial charge in [0, 0.05) is 7.11 Å². The van der Waals surface area contributed by atoms with Gasteiger partial charge in [-0.1, -0.05) is 0 Å². The third kappa shape index (κ3) is 12.6. The van der Waals surface area contributed by atoms with Gasteiger partial charge >= 0.3 is 109 Å². The van der Waals surface area contributed by atoms with Crippen molar-refractivity contribution in [3.8, 4) is 0 Å². The smallest absolute Gasteiger partial charge is 0.860 e. The zero-order chi connectivity index (χ0) is 9.78. The predicted octanol–water partition coefficient (Wildman–Crippen LogP) is -7.23. The van der Waals surface area contributed by atoms with Crippen LogP contribution in [-0.2, 0) is 9.39 Å². The molecule has 0 aliphatic rings. The van der Waals surface area contributed by atoms with Crippen molar-refractivity contribution in [3.05, 3.63) is 12.1 Å². The quantitative estimate of drug-likeness (QED) is 0.373. The van der Waals surface area contributed by atoms with E-state index in [1.54, 1.807) is 0 Å². The summed E-state index contributed by atoms with van der Waals surface area (Å²) in [6.07, 6.45) is -4.31. The van der Waals surface area contributed by atoms with Crippen LogP contribution in [0.4, 0.5) is 13.2 Å². The first-order valence-corrected chi connectivity index (χ1v) is 2.67. The molecule has 14 heavy (non-hydrogen) atoms. The van der Waals surface area contributed by atoms with Gasteiger partial charge in [-0.2, -0.15) is 13.2 Å². The largest absolute Gasteiger partial charge is 1.00 e. The van der Waals surface area contributed by atoms with Gasteiger partial charge in [-0.05, 0) is 0 Å². The summed E-state index contributed by atoms with van der Waals surface area (Å²) in [7, 11) is -2.36. The van der Waals surface area contributed by atoms with Crippen LogP contribution < -0.4 is 113 Å². The monoisotopic (exact) mass is 262 g/mol. The van der Waals surface area contributed by atoms with Crippen molar-refractivity contribution in [1.29, 1.82) is 0 Å². The third-order valence-electron chi connectivity index (χ3n) is 0.762. The van der Waals surface area contributed by atoms with Gasteiger partial charge in [-0.3, -0.25) is 0 Å². The number of ether oxygens (including phenoxy) is 1. The molecule has 0 aromatic rings. The molecular formula is C4H4BF3K2O4. The Morgan fingerprint density at radius 1 is 1.36 bits per heavy atom. The minimum absolute atomic E-state index is 0. The molecule has 0 bridgehead atoms. The van der Waals surface area contributed by atoms with Crippen molar-refractivity contribution >= 4 is 7.32 Å². The molecule has 10 heteroatoms. The number of hydrogen-bond donors (Lipinski definition) is 0. The van der Waals surface area contributed by atoms with Gasteiger partial charge in [-0.25, -0.2) is 0 Å². The van der Waals surface area contributed by atoms with E-state index < -0.39 is 25.5 Å². The van der Waals surface area contributed by atoms with E-state index in [4.69, 9.17) is 0 Å². The topological polar surface area (TPSA) is 64.6 Å². The first-order valence-electron chi connectivity index (χ1n) is 2.67. The zero-order valence-corrected chi connectivity index (χ0v) is 14.2. The zero-order valence-electron chi connectivity index (χ0n) is 7.92. The van der Waals surface area contributed by atoms with Crippen LogP contribution in [0.2, 0.25) is 0 Å². The van der Waals surface area contributed by atoms with Crippen LogP contribution >= 0.6 is 0 Å². The van der Waals surface area contributed by atoms with E-state index >= 15 is 0 Å². The van der Waals surface area contributed by atoms with Crippen LogP contribution in [0.15, 0.2) is 12.1 Å². The van der Waals surface area contributed by atoms with Crippen molar-refractivity contribution in [2.45, 2.75) is 6.11 Å². The maximum absolute atomic E-state index is 12.0. The SMILES string of the molecule is COC(F)(F)/C=C(\F)OB([O-])[O-].[K+].[K+]. The second-order valence-corrected chi connectivity index (χ2v) is 1.62. The number of alkyl halides is 2. The summed E-state index contributed by atoms with van der Waals surface area (Å²) in [5.74, 6) is 0. The minimum Gasteiger partial charge on any atom is -0.860 e. The molecule has 0 amide bonds. The van der Waals surface area contributed by atoms with Gasteiger partial charge in [-0.15, -0.1) is 0 Å². The molecule has 4 nitrogen and oxygen atoms in total. The van der Waals surface area contributed by atoms with E-state index in [1.807, 2.05) is 0 Å². The minimum atomic E-state index is -3.89. The number of rotatable bonds is 4. The molecule has 0 aromatic heterocycles. The Labute approximate surface area is 164 Å². The Bertz CT molecular complexity index is 180. The molecule has 0 heterocycles. The molecule has 0 saturated heterocycles. The molecule has 0 N–H and O–H groups in total. The third-order valence-corrected chi connectivity index (χ3v) is 0.762. The maximum Gasteiger partial charge on any atom is 1.00 e. The Balaban J connectivity index is -0.000000605. The van der Waals surface area contributed by atoms with Crippen molar-refractivity contribution in [2.75, 3.05) is 7.11 Å². The van der Waals surface area contributed by atoms with Crippen LogP contribution in [-0.4, -0.2) is 20.5 Å².